The maximum Gasteiger partial charge on any atom is 0.122 e. The maximum atomic E-state index is 9.36. The summed E-state index contributed by atoms with van der Waals surface area (Å²) < 4.78 is 0. The molecule has 0 amide bonds. The highest BCUT2D eigenvalue weighted by molar-refractivity contribution is 5.49. The zero-order valence-electron chi connectivity index (χ0n) is 11.8. The van der Waals surface area contributed by atoms with Gasteiger partial charge in [-0.3, -0.25) is 0 Å². The SMILES string of the molecule is CCCCCCC(C)(C#N)Nc1cccc(C)c1. The summed E-state index contributed by atoms with van der Waals surface area (Å²) in [6.07, 6.45) is 5.71. The van der Waals surface area contributed by atoms with E-state index in [1.54, 1.807) is 0 Å². The van der Waals surface area contributed by atoms with Crippen LogP contribution in [0.25, 0.3) is 0 Å². The zero-order valence-corrected chi connectivity index (χ0v) is 11.8. The van der Waals surface area contributed by atoms with Gasteiger partial charge in [0.2, 0.25) is 0 Å². The van der Waals surface area contributed by atoms with Crippen molar-refractivity contribution < 1.29 is 0 Å². The minimum absolute atomic E-state index is 0.457. The average Bonchev–Trinajstić information content (AvgIpc) is 2.35. The van der Waals surface area contributed by atoms with Crippen LogP contribution >= 0.6 is 0 Å². The third-order valence-corrected chi connectivity index (χ3v) is 3.22. The topological polar surface area (TPSA) is 35.8 Å². The molecule has 0 saturated heterocycles. The first-order valence-corrected chi connectivity index (χ1v) is 6.86. The van der Waals surface area contributed by atoms with Gasteiger partial charge < -0.3 is 5.32 Å². The number of hydrogen-bond acceptors (Lipinski definition) is 2. The van der Waals surface area contributed by atoms with Crippen molar-refractivity contribution in [3.8, 4) is 6.07 Å². The Hall–Kier alpha value is -1.49. The first-order chi connectivity index (χ1) is 8.59. The molecule has 2 heteroatoms. The van der Waals surface area contributed by atoms with E-state index in [0.717, 1.165) is 18.5 Å². The molecule has 1 aromatic carbocycles. The van der Waals surface area contributed by atoms with Gasteiger partial charge in [0.05, 0.1) is 6.07 Å². The summed E-state index contributed by atoms with van der Waals surface area (Å²) in [5.74, 6) is 0. The fraction of sp³-hybridized carbons (Fsp3) is 0.562. The minimum Gasteiger partial charge on any atom is -0.368 e. The number of nitriles is 1. The summed E-state index contributed by atoms with van der Waals surface area (Å²) in [5, 5.41) is 12.7. The molecular formula is C16H24N2. The van der Waals surface area contributed by atoms with Crippen molar-refractivity contribution in [2.24, 2.45) is 0 Å². The molecule has 18 heavy (non-hydrogen) atoms. The molecule has 0 bridgehead atoms. The van der Waals surface area contributed by atoms with Crippen LogP contribution in [0.3, 0.4) is 0 Å². The molecule has 1 aromatic rings. The number of aryl methyl sites for hydroxylation is 1. The fourth-order valence-electron chi connectivity index (χ4n) is 2.09. The number of hydrogen-bond donors (Lipinski definition) is 1. The summed E-state index contributed by atoms with van der Waals surface area (Å²) in [7, 11) is 0. The predicted molar refractivity (Wildman–Crippen MR) is 77.6 cm³/mol. The summed E-state index contributed by atoms with van der Waals surface area (Å²) in [6.45, 7) is 6.26. The van der Waals surface area contributed by atoms with E-state index in [2.05, 4.69) is 37.4 Å². The molecule has 1 N–H and O–H groups in total. The Morgan fingerprint density at radius 3 is 2.67 bits per heavy atom. The number of rotatable bonds is 7. The fourth-order valence-corrected chi connectivity index (χ4v) is 2.09. The lowest BCUT2D eigenvalue weighted by Gasteiger charge is -2.24. The molecule has 0 aliphatic carbocycles. The number of anilines is 1. The van der Waals surface area contributed by atoms with Crippen molar-refractivity contribution in [1.29, 1.82) is 5.26 Å². The zero-order chi connectivity index (χ0) is 13.4. The number of nitrogens with zero attached hydrogens (tertiary/aromatic N) is 1. The Balaban J connectivity index is 2.57. The maximum absolute atomic E-state index is 9.36. The van der Waals surface area contributed by atoms with Gasteiger partial charge in [-0.25, -0.2) is 0 Å². The lowest BCUT2D eigenvalue weighted by molar-refractivity contribution is 0.528. The van der Waals surface area contributed by atoms with Crippen LogP contribution in [0, 0.1) is 18.3 Å². The molecule has 0 fully saturated rings. The highest BCUT2D eigenvalue weighted by atomic mass is 15.0. The molecule has 0 aliphatic heterocycles. The van der Waals surface area contributed by atoms with Crippen molar-refractivity contribution in [3.63, 3.8) is 0 Å². The molecule has 0 aromatic heterocycles. The van der Waals surface area contributed by atoms with Crippen LogP contribution < -0.4 is 5.32 Å². The first-order valence-electron chi connectivity index (χ1n) is 6.86. The van der Waals surface area contributed by atoms with Crippen LogP contribution in [0.15, 0.2) is 24.3 Å². The molecule has 1 unspecified atom stereocenters. The van der Waals surface area contributed by atoms with Gasteiger partial charge >= 0.3 is 0 Å². The molecule has 0 heterocycles. The highest BCUT2D eigenvalue weighted by Crippen LogP contribution is 2.21. The molecule has 0 aliphatic rings. The van der Waals surface area contributed by atoms with Crippen LogP contribution in [0.5, 0.6) is 0 Å². The van der Waals surface area contributed by atoms with E-state index in [4.69, 9.17) is 0 Å². The summed E-state index contributed by atoms with van der Waals surface area (Å²) in [4.78, 5) is 0. The monoisotopic (exact) mass is 244 g/mol. The third-order valence-electron chi connectivity index (χ3n) is 3.22. The van der Waals surface area contributed by atoms with Gasteiger partial charge in [0.25, 0.3) is 0 Å². The number of benzene rings is 1. The van der Waals surface area contributed by atoms with E-state index in [1.807, 2.05) is 19.1 Å². The normalized spacial score (nSPS) is 13.7. The molecule has 1 rings (SSSR count). The van der Waals surface area contributed by atoms with Gasteiger partial charge in [-0.1, -0.05) is 44.7 Å². The number of nitrogens with one attached hydrogen (secondary N) is 1. The first kappa shape index (κ1) is 14.6. The molecule has 1 atom stereocenters. The van der Waals surface area contributed by atoms with Gasteiger partial charge in [-0.05, 0) is 38.0 Å². The van der Waals surface area contributed by atoms with Gasteiger partial charge in [0, 0.05) is 5.69 Å². The van der Waals surface area contributed by atoms with E-state index < -0.39 is 5.54 Å². The van der Waals surface area contributed by atoms with Crippen LogP contribution in [0.2, 0.25) is 0 Å². The largest absolute Gasteiger partial charge is 0.368 e. The average molecular weight is 244 g/mol. The smallest absolute Gasteiger partial charge is 0.122 e. The Bertz CT molecular complexity index is 406. The van der Waals surface area contributed by atoms with Gasteiger partial charge in [-0.2, -0.15) is 5.26 Å². The lowest BCUT2D eigenvalue weighted by atomic mass is 9.95. The Morgan fingerprint density at radius 1 is 1.28 bits per heavy atom. The third kappa shape index (κ3) is 4.79. The van der Waals surface area contributed by atoms with Gasteiger partial charge in [0.15, 0.2) is 0 Å². The van der Waals surface area contributed by atoms with E-state index in [1.165, 1.54) is 24.8 Å². The van der Waals surface area contributed by atoms with Crippen LogP contribution in [0.1, 0.15) is 51.5 Å². The number of unbranched alkanes of at least 4 members (excludes halogenated alkanes) is 3. The summed E-state index contributed by atoms with van der Waals surface area (Å²) >= 11 is 0. The Labute approximate surface area is 111 Å². The molecule has 2 nitrogen and oxygen atoms in total. The van der Waals surface area contributed by atoms with Crippen molar-refractivity contribution >= 4 is 5.69 Å². The summed E-state index contributed by atoms with van der Waals surface area (Å²) in [6, 6.07) is 10.6. The van der Waals surface area contributed by atoms with Crippen LogP contribution in [-0.4, -0.2) is 5.54 Å². The second-order valence-corrected chi connectivity index (χ2v) is 5.25. The van der Waals surface area contributed by atoms with E-state index in [0.29, 0.717) is 0 Å². The molecule has 0 saturated carbocycles. The standard InChI is InChI=1S/C16H24N2/c1-4-5-6-7-11-16(3,13-17)18-15-10-8-9-14(2)12-15/h8-10,12,18H,4-7,11H2,1-3H3. The second-order valence-electron chi connectivity index (χ2n) is 5.25. The molecule has 0 radical (unpaired) electrons. The summed E-state index contributed by atoms with van der Waals surface area (Å²) in [5.41, 5.74) is 1.79. The van der Waals surface area contributed by atoms with Crippen molar-refractivity contribution in [1.82, 2.24) is 0 Å². The van der Waals surface area contributed by atoms with Gasteiger partial charge in [-0.15, -0.1) is 0 Å². The van der Waals surface area contributed by atoms with Gasteiger partial charge in [0.1, 0.15) is 5.54 Å². The molecular weight excluding hydrogens is 220 g/mol. The van der Waals surface area contributed by atoms with E-state index in [-0.39, 0.29) is 0 Å². The van der Waals surface area contributed by atoms with Crippen molar-refractivity contribution in [2.75, 3.05) is 5.32 Å². The lowest BCUT2D eigenvalue weighted by Crippen LogP contribution is -2.32. The van der Waals surface area contributed by atoms with Crippen LogP contribution in [0.4, 0.5) is 5.69 Å². The van der Waals surface area contributed by atoms with E-state index >= 15 is 0 Å². The Morgan fingerprint density at radius 2 is 2.06 bits per heavy atom. The second kappa shape index (κ2) is 7.06. The molecule has 98 valence electrons. The van der Waals surface area contributed by atoms with Crippen molar-refractivity contribution in [2.45, 2.75) is 58.4 Å². The van der Waals surface area contributed by atoms with Crippen molar-refractivity contribution in [3.05, 3.63) is 29.8 Å². The minimum atomic E-state index is -0.457. The molecule has 0 spiro atoms. The van der Waals surface area contributed by atoms with Crippen LogP contribution in [-0.2, 0) is 0 Å². The van der Waals surface area contributed by atoms with E-state index in [9.17, 15) is 5.26 Å². The quantitative estimate of drug-likeness (QED) is 0.708. The predicted octanol–water partition coefficient (Wildman–Crippen LogP) is 4.66. The highest BCUT2D eigenvalue weighted by Gasteiger charge is 2.22. The Kier molecular flexibility index (Phi) is 5.71.